The van der Waals surface area contributed by atoms with Crippen LogP contribution in [-0.4, -0.2) is 53.7 Å². The van der Waals surface area contributed by atoms with Crippen LogP contribution < -0.4 is 0 Å². The molecule has 1 amide bonds. The van der Waals surface area contributed by atoms with Gasteiger partial charge < -0.3 is 19.6 Å². The third-order valence-electron chi connectivity index (χ3n) is 4.88. The summed E-state index contributed by atoms with van der Waals surface area (Å²) < 4.78 is 1.85. The van der Waals surface area contributed by atoms with E-state index >= 15 is 0 Å². The smallest absolute Gasteiger partial charge is 0.289 e. The first kappa shape index (κ1) is 15.8. The topological polar surface area (TPSA) is 99.9 Å². The van der Waals surface area contributed by atoms with Crippen molar-refractivity contribution >= 4 is 16.9 Å². The van der Waals surface area contributed by atoms with E-state index in [1.54, 1.807) is 0 Å². The molecule has 3 aromatic rings. The average Bonchev–Trinajstić information content (AvgIpc) is 3.24. The molecule has 1 aliphatic rings. The minimum atomic E-state index is -0.118. The summed E-state index contributed by atoms with van der Waals surface area (Å²) in [6.45, 7) is 1.19. The predicted molar refractivity (Wildman–Crippen MR) is 90.9 cm³/mol. The Labute approximate surface area is 144 Å². The highest BCUT2D eigenvalue weighted by molar-refractivity contribution is 5.94. The zero-order chi connectivity index (χ0) is 17.4. The fourth-order valence-electron chi connectivity index (χ4n) is 3.41. The molecule has 0 saturated carbocycles. The van der Waals surface area contributed by atoms with Gasteiger partial charge in [0.2, 0.25) is 0 Å². The van der Waals surface area contributed by atoms with Crippen LogP contribution in [0.25, 0.3) is 11.0 Å². The molecule has 1 saturated heterocycles. The summed E-state index contributed by atoms with van der Waals surface area (Å²) in [5, 5.41) is 17.4. The molecule has 2 aromatic heterocycles. The van der Waals surface area contributed by atoms with Crippen molar-refractivity contribution in [3.63, 3.8) is 0 Å². The monoisotopic (exact) mass is 340 g/mol. The van der Waals surface area contributed by atoms with Gasteiger partial charge in [-0.15, -0.1) is 10.2 Å². The molecule has 2 N–H and O–H groups in total. The van der Waals surface area contributed by atoms with Gasteiger partial charge in [-0.2, -0.15) is 0 Å². The van der Waals surface area contributed by atoms with E-state index < -0.39 is 0 Å². The number of fused-ring (bicyclic) bond motifs is 1. The maximum Gasteiger partial charge on any atom is 0.289 e. The van der Waals surface area contributed by atoms with Crippen molar-refractivity contribution in [3.05, 3.63) is 41.7 Å². The summed E-state index contributed by atoms with van der Waals surface area (Å²) in [6.07, 6.45) is 1.65. The normalized spacial score (nSPS) is 15.8. The van der Waals surface area contributed by atoms with Gasteiger partial charge in [0.15, 0.2) is 11.6 Å². The number of amides is 1. The number of para-hydroxylation sites is 2. The number of H-pyrrole nitrogens is 1. The number of nitrogens with zero attached hydrogens (tertiary/aromatic N) is 5. The van der Waals surface area contributed by atoms with Crippen LogP contribution in [0.2, 0.25) is 0 Å². The van der Waals surface area contributed by atoms with E-state index in [1.807, 2.05) is 40.8 Å². The minimum absolute atomic E-state index is 0.0661. The molecule has 3 heterocycles. The molecule has 0 atom stereocenters. The molecule has 1 fully saturated rings. The Morgan fingerprint density at radius 3 is 2.72 bits per heavy atom. The average molecular weight is 340 g/mol. The molecule has 130 valence electrons. The van der Waals surface area contributed by atoms with Crippen molar-refractivity contribution in [2.45, 2.75) is 25.4 Å². The van der Waals surface area contributed by atoms with Gasteiger partial charge in [-0.05, 0) is 25.0 Å². The van der Waals surface area contributed by atoms with Gasteiger partial charge in [-0.1, -0.05) is 12.1 Å². The van der Waals surface area contributed by atoms with Gasteiger partial charge in [-0.25, -0.2) is 4.98 Å². The summed E-state index contributed by atoms with van der Waals surface area (Å²) in [5.41, 5.74) is 1.67. The maximum atomic E-state index is 12.7. The second-order valence-corrected chi connectivity index (χ2v) is 6.36. The van der Waals surface area contributed by atoms with Crippen LogP contribution in [0, 0.1) is 0 Å². The molecule has 0 radical (unpaired) electrons. The van der Waals surface area contributed by atoms with E-state index in [2.05, 4.69) is 20.2 Å². The first-order valence-electron chi connectivity index (χ1n) is 8.40. The fourth-order valence-corrected chi connectivity index (χ4v) is 3.41. The molecule has 25 heavy (non-hydrogen) atoms. The zero-order valence-corrected chi connectivity index (χ0v) is 14.0. The second-order valence-electron chi connectivity index (χ2n) is 6.36. The van der Waals surface area contributed by atoms with Crippen molar-refractivity contribution in [1.82, 2.24) is 29.6 Å². The van der Waals surface area contributed by atoms with Crippen molar-refractivity contribution in [3.8, 4) is 0 Å². The lowest BCUT2D eigenvalue weighted by Crippen LogP contribution is -2.38. The molecule has 0 unspecified atom stereocenters. The number of carbonyl (C=O) groups excluding carboxylic acids is 1. The van der Waals surface area contributed by atoms with E-state index in [4.69, 9.17) is 0 Å². The molecule has 4 rings (SSSR count). The SMILES string of the molecule is Cn1c(CO)nnc1C1CCN(C(=O)c2nc3ccccc3[nH]2)CC1. The highest BCUT2D eigenvalue weighted by Gasteiger charge is 2.28. The number of benzene rings is 1. The van der Waals surface area contributed by atoms with Gasteiger partial charge in [0.05, 0.1) is 11.0 Å². The minimum Gasteiger partial charge on any atom is -0.388 e. The Morgan fingerprint density at radius 2 is 2.04 bits per heavy atom. The van der Waals surface area contributed by atoms with Crippen molar-refractivity contribution in [2.24, 2.45) is 7.05 Å². The number of rotatable bonds is 3. The van der Waals surface area contributed by atoms with E-state index in [-0.39, 0.29) is 18.4 Å². The Kier molecular flexibility index (Phi) is 3.96. The van der Waals surface area contributed by atoms with Gasteiger partial charge in [-0.3, -0.25) is 4.79 Å². The molecular formula is C17H20N6O2. The standard InChI is InChI=1S/C17H20N6O2/c1-22-14(10-24)20-21-16(22)11-6-8-23(9-7-11)17(25)15-18-12-4-2-3-5-13(12)19-15/h2-5,11,24H,6-10H2,1H3,(H,18,19). The van der Waals surface area contributed by atoms with Crippen LogP contribution in [-0.2, 0) is 13.7 Å². The van der Waals surface area contributed by atoms with Crippen LogP contribution in [0.4, 0.5) is 0 Å². The highest BCUT2D eigenvalue weighted by Crippen LogP contribution is 2.27. The molecular weight excluding hydrogens is 320 g/mol. The Bertz CT molecular complexity index is 874. The zero-order valence-electron chi connectivity index (χ0n) is 14.0. The number of piperidine rings is 1. The second kappa shape index (κ2) is 6.29. The number of hydrogen-bond acceptors (Lipinski definition) is 5. The van der Waals surface area contributed by atoms with Gasteiger partial charge in [0.1, 0.15) is 12.4 Å². The number of aliphatic hydroxyl groups is 1. The van der Waals surface area contributed by atoms with Crippen LogP contribution in [0.3, 0.4) is 0 Å². The number of hydrogen-bond donors (Lipinski definition) is 2. The van der Waals surface area contributed by atoms with Gasteiger partial charge in [0.25, 0.3) is 5.91 Å². The number of aromatic nitrogens is 5. The summed E-state index contributed by atoms with van der Waals surface area (Å²) in [7, 11) is 1.87. The fraction of sp³-hybridized carbons (Fsp3) is 0.412. The summed E-state index contributed by atoms with van der Waals surface area (Å²) in [5.74, 6) is 2.01. The lowest BCUT2D eigenvalue weighted by molar-refractivity contribution is 0.0699. The molecule has 1 aromatic carbocycles. The van der Waals surface area contributed by atoms with Gasteiger partial charge in [0, 0.05) is 26.1 Å². The van der Waals surface area contributed by atoms with E-state index in [0.717, 1.165) is 29.7 Å². The number of carbonyl (C=O) groups is 1. The highest BCUT2D eigenvalue weighted by atomic mass is 16.3. The maximum absolute atomic E-state index is 12.7. The summed E-state index contributed by atoms with van der Waals surface area (Å²) in [4.78, 5) is 22.0. The van der Waals surface area contributed by atoms with Crippen LogP contribution in [0.5, 0.6) is 0 Å². The van der Waals surface area contributed by atoms with Gasteiger partial charge >= 0.3 is 0 Å². The molecule has 8 heteroatoms. The largest absolute Gasteiger partial charge is 0.388 e. The van der Waals surface area contributed by atoms with Crippen molar-refractivity contribution < 1.29 is 9.90 Å². The van der Waals surface area contributed by atoms with Crippen LogP contribution in [0.1, 0.15) is 41.0 Å². The molecule has 0 aliphatic carbocycles. The lowest BCUT2D eigenvalue weighted by atomic mass is 9.96. The van der Waals surface area contributed by atoms with E-state index in [9.17, 15) is 9.90 Å². The summed E-state index contributed by atoms with van der Waals surface area (Å²) >= 11 is 0. The number of aromatic amines is 1. The Hall–Kier alpha value is -2.74. The third kappa shape index (κ3) is 2.78. The molecule has 1 aliphatic heterocycles. The van der Waals surface area contributed by atoms with E-state index in [0.29, 0.717) is 24.7 Å². The first-order chi connectivity index (χ1) is 12.2. The molecule has 8 nitrogen and oxygen atoms in total. The number of nitrogens with one attached hydrogen (secondary N) is 1. The Balaban J connectivity index is 1.46. The van der Waals surface area contributed by atoms with E-state index in [1.165, 1.54) is 0 Å². The number of likely N-dealkylation sites (tertiary alicyclic amines) is 1. The van der Waals surface area contributed by atoms with Crippen molar-refractivity contribution in [1.29, 1.82) is 0 Å². The predicted octanol–water partition coefficient (Wildman–Crippen LogP) is 1.20. The van der Waals surface area contributed by atoms with Crippen molar-refractivity contribution in [2.75, 3.05) is 13.1 Å². The Morgan fingerprint density at radius 1 is 1.28 bits per heavy atom. The summed E-state index contributed by atoms with van der Waals surface area (Å²) in [6, 6.07) is 7.63. The third-order valence-corrected chi connectivity index (χ3v) is 4.88. The van der Waals surface area contributed by atoms with Crippen LogP contribution in [0.15, 0.2) is 24.3 Å². The lowest BCUT2D eigenvalue weighted by Gasteiger charge is -2.30. The molecule has 0 spiro atoms. The quantitative estimate of drug-likeness (QED) is 0.746. The molecule has 0 bridgehead atoms. The van der Waals surface area contributed by atoms with Crippen LogP contribution >= 0.6 is 0 Å². The first-order valence-corrected chi connectivity index (χ1v) is 8.40. The number of imidazole rings is 1. The number of aliphatic hydroxyl groups excluding tert-OH is 1.